The lowest BCUT2D eigenvalue weighted by molar-refractivity contribution is -0.384. The molecule has 1 aromatic heterocycles. The first-order valence-electron chi connectivity index (χ1n) is 7.71. The molecule has 0 bridgehead atoms. The van der Waals surface area contributed by atoms with Crippen LogP contribution in [0.25, 0.3) is 0 Å². The van der Waals surface area contributed by atoms with Crippen molar-refractivity contribution in [1.82, 2.24) is 9.29 Å². The lowest BCUT2D eigenvalue weighted by atomic mass is 10.3. The Morgan fingerprint density at radius 1 is 1.24 bits per heavy atom. The number of sulfonamides is 1. The minimum Gasteiger partial charge on any atom is -0.473 e. The van der Waals surface area contributed by atoms with Crippen molar-refractivity contribution in [3.05, 3.63) is 58.3 Å². The molecule has 1 saturated heterocycles. The first-order chi connectivity index (χ1) is 11.9. The van der Waals surface area contributed by atoms with Gasteiger partial charge < -0.3 is 4.74 Å². The van der Waals surface area contributed by atoms with E-state index in [-0.39, 0.29) is 23.2 Å². The fourth-order valence-electron chi connectivity index (χ4n) is 2.66. The number of ether oxygens (including phenoxy) is 1. The van der Waals surface area contributed by atoms with Gasteiger partial charge in [-0.3, -0.25) is 10.1 Å². The molecule has 2 heterocycles. The molecule has 0 radical (unpaired) electrons. The normalized spacial score (nSPS) is 18.2. The Kier molecular flexibility index (Phi) is 4.69. The molecule has 0 aliphatic carbocycles. The molecule has 0 spiro atoms. The lowest BCUT2D eigenvalue weighted by Gasteiger charge is -2.17. The van der Waals surface area contributed by atoms with Crippen molar-refractivity contribution in [2.75, 3.05) is 13.1 Å². The van der Waals surface area contributed by atoms with Crippen LogP contribution in [-0.2, 0) is 10.0 Å². The molecule has 1 fully saturated rings. The van der Waals surface area contributed by atoms with Crippen molar-refractivity contribution in [1.29, 1.82) is 0 Å². The van der Waals surface area contributed by atoms with E-state index < -0.39 is 14.9 Å². The minimum absolute atomic E-state index is 0.0347. The van der Waals surface area contributed by atoms with E-state index in [1.54, 1.807) is 6.07 Å². The number of aromatic nitrogens is 1. The van der Waals surface area contributed by atoms with Gasteiger partial charge >= 0.3 is 0 Å². The Morgan fingerprint density at radius 3 is 2.60 bits per heavy atom. The zero-order valence-electron chi connectivity index (χ0n) is 13.5. The molecule has 25 heavy (non-hydrogen) atoms. The van der Waals surface area contributed by atoms with Crippen LogP contribution in [0.3, 0.4) is 0 Å². The number of rotatable bonds is 5. The maximum absolute atomic E-state index is 12.7. The summed E-state index contributed by atoms with van der Waals surface area (Å²) in [5, 5.41) is 10.7. The van der Waals surface area contributed by atoms with E-state index in [4.69, 9.17) is 4.74 Å². The number of hydrogen-bond donors (Lipinski definition) is 0. The van der Waals surface area contributed by atoms with Crippen LogP contribution >= 0.6 is 0 Å². The van der Waals surface area contributed by atoms with Gasteiger partial charge in [0.2, 0.25) is 15.9 Å². The maximum Gasteiger partial charge on any atom is 0.269 e. The highest BCUT2D eigenvalue weighted by Crippen LogP contribution is 2.25. The van der Waals surface area contributed by atoms with E-state index in [2.05, 4.69) is 4.98 Å². The van der Waals surface area contributed by atoms with Crippen molar-refractivity contribution in [3.63, 3.8) is 0 Å². The lowest BCUT2D eigenvalue weighted by Crippen LogP contribution is -2.31. The van der Waals surface area contributed by atoms with E-state index >= 15 is 0 Å². The van der Waals surface area contributed by atoms with Crippen LogP contribution in [0, 0.1) is 17.0 Å². The Hall–Kier alpha value is -2.52. The summed E-state index contributed by atoms with van der Waals surface area (Å²) < 4.78 is 32.4. The van der Waals surface area contributed by atoms with Gasteiger partial charge in [-0.15, -0.1) is 0 Å². The second-order valence-electron chi connectivity index (χ2n) is 5.76. The van der Waals surface area contributed by atoms with Crippen LogP contribution in [0.2, 0.25) is 0 Å². The zero-order valence-corrected chi connectivity index (χ0v) is 14.3. The van der Waals surface area contributed by atoms with Crippen molar-refractivity contribution in [2.24, 2.45) is 0 Å². The summed E-state index contributed by atoms with van der Waals surface area (Å²) in [4.78, 5) is 14.4. The van der Waals surface area contributed by atoms with E-state index in [1.165, 1.54) is 28.6 Å². The summed E-state index contributed by atoms with van der Waals surface area (Å²) in [7, 11) is -3.70. The van der Waals surface area contributed by atoms with Crippen molar-refractivity contribution < 1.29 is 18.1 Å². The van der Waals surface area contributed by atoms with Gasteiger partial charge in [-0.1, -0.05) is 6.07 Å². The van der Waals surface area contributed by atoms with Crippen molar-refractivity contribution in [3.8, 4) is 5.88 Å². The smallest absolute Gasteiger partial charge is 0.269 e. The van der Waals surface area contributed by atoms with Gasteiger partial charge in [-0.25, -0.2) is 13.4 Å². The van der Waals surface area contributed by atoms with E-state index in [0.29, 0.717) is 18.8 Å². The highest BCUT2D eigenvalue weighted by Gasteiger charge is 2.34. The summed E-state index contributed by atoms with van der Waals surface area (Å²) in [5.74, 6) is 0.472. The van der Waals surface area contributed by atoms with Gasteiger partial charge in [-0.2, -0.15) is 4.31 Å². The molecule has 1 aromatic carbocycles. The molecule has 0 N–H and O–H groups in total. The van der Waals surface area contributed by atoms with Crippen LogP contribution < -0.4 is 4.74 Å². The van der Waals surface area contributed by atoms with E-state index in [9.17, 15) is 18.5 Å². The standard InChI is InChI=1S/C16H17N3O5S/c1-12-3-2-4-16(17-12)24-14-9-10-18(11-14)25(22,23)15-7-5-13(6-8-15)19(20)21/h2-8,14H,9-11H2,1H3. The number of benzene rings is 1. The summed E-state index contributed by atoms with van der Waals surface area (Å²) >= 11 is 0. The highest BCUT2D eigenvalue weighted by molar-refractivity contribution is 7.89. The van der Waals surface area contributed by atoms with Gasteiger partial charge in [0.05, 0.1) is 16.4 Å². The third-order valence-electron chi connectivity index (χ3n) is 3.94. The fourth-order valence-corrected chi connectivity index (χ4v) is 4.14. The van der Waals surface area contributed by atoms with E-state index in [0.717, 1.165) is 5.69 Å². The first kappa shape index (κ1) is 17.3. The average Bonchev–Trinajstić information content (AvgIpc) is 3.04. The number of nitro groups is 1. The first-order valence-corrected chi connectivity index (χ1v) is 9.15. The number of hydrogen-bond acceptors (Lipinski definition) is 6. The molecule has 0 amide bonds. The molecule has 132 valence electrons. The third-order valence-corrected chi connectivity index (χ3v) is 5.82. The highest BCUT2D eigenvalue weighted by atomic mass is 32.2. The van der Waals surface area contributed by atoms with Crippen LogP contribution in [-0.4, -0.2) is 41.8 Å². The summed E-state index contributed by atoms with van der Waals surface area (Å²) in [6.45, 7) is 2.40. The van der Waals surface area contributed by atoms with Crippen molar-refractivity contribution >= 4 is 15.7 Å². The average molecular weight is 363 g/mol. The van der Waals surface area contributed by atoms with Gasteiger partial charge in [0, 0.05) is 30.4 Å². The largest absolute Gasteiger partial charge is 0.473 e. The molecule has 9 heteroatoms. The van der Waals surface area contributed by atoms with Crippen LogP contribution in [0.1, 0.15) is 12.1 Å². The molecule has 1 unspecified atom stereocenters. The van der Waals surface area contributed by atoms with Crippen LogP contribution in [0.5, 0.6) is 5.88 Å². The van der Waals surface area contributed by atoms with Gasteiger partial charge in [0.25, 0.3) is 5.69 Å². The second kappa shape index (κ2) is 6.77. The molecule has 3 rings (SSSR count). The summed E-state index contributed by atoms with van der Waals surface area (Å²) in [6.07, 6.45) is 0.282. The van der Waals surface area contributed by atoms with Crippen LogP contribution in [0.15, 0.2) is 47.4 Å². The quantitative estimate of drug-likeness (QED) is 0.596. The maximum atomic E-state index is 12.7. The predicted octanol–water partition coefficient (Wildman–Crippen LogP) is 2.14. The van der Waals surface area contributed by atoms with Crippen molar-refractivity contribution in [2.45, 2.75) is 24.3 Å². The fraction of sp³-hybridized carbons (Fsp3) is 0.312. The Balaban J connectivity index is 1.70. The van der Waals surface area contributed by atoms with Gasteiger partial charge in [-0.05, 0) is 31.5 Å². The SMILES string of the molecule is Cc1cccc(OC2CCN(S(=O)(=O)c3ccc([N+](=O)[O-])cc3)C2)n1. The Morgan fingerprint density at radius 2 is 1.96 bits per heavy atom. The second-order valence-corrected chi connectivity index (χ2v) is 7.70. The van der Waals surface area contributed by atoms with Gasteiger partial charge in [0.1, 0.15) is 6.10 Å². The Bertz CT molecular complexity index is 883. The number of nitro benzene ring substituents is 1. The monoisotopic (exact) mass is 363 g/mol. The predicted molar refractivity (Wildman–Crippen MR) is 89.9 cm³/mol. The molecular formula is C16H17N3O5S. The molecule has 2 aromatic rings. The van der Waals surface area contributed by atoms with E-state index in [1.807, 2.05) is 19.1 Å². The molecular weight excluding hydrogens is 346 g/mol. The zero-order chi connectivity index (χ0) is 18.0. The number of pyridine rings is 1. The number of aryl methyl sites for hydroxylation is 1. The minimum atomic E-state index is -3.70. The molecule has 1 aliphatic heterocycles. The molecule has 8 nitrogen and oxygen atoms in total. The number of nitrogens with zero attached hydrogens (tertiary/aromatic N) is 3. The molecule has 0 saturated carbocycles. The van der Waals surface area contributed by atoms with Gasteiger partial charge in [0.15, 0.2) is 0 Å². The topological polar surface area (TPSA) is 103 Å². The summed E-state index contributed by atoms with van der Waals surface area (Å²) in [6, 6.07) is 10.3. The Labute approximate surface area is 145 Å². The third kappa shape index (κ3) is 3.77. The van der Waals surface area contributed by atoms with Crippen LogP contribution in [0.4, 0.5) is 5.69 Å². The molecule has 1 aliphatic rings. The number of non-ortho nitro benzene ring substituents is 1. The molecule has 1 atom stereocenters. The summed E-state index contributed by atoms with van der Waals surface area (Å²) in [5.41, 5.74) is 0.679.